The number of hydrogen-bond acceptors (Lipinski definition) is 3. The summed E-state index contributed by atoms with van der Waals surface area (Å²) in [6.07, 6.45) is 4.59. The minimum absolute atomic E-state index is 0.0945. The molecular weight excluding hydrogens is 316 g/mol. The standard InChI is InChI=1S/C19H26N4O2/c1-3-22-10-4-6-16(22)17-7-5-11-23(17)18(24)13-8-9-15-14(12-13)20-19(25)21(15)2/h8-9,12,16-17H,3-7,10-11H2,1-2H3,(H,20,25)/t16-,17+/m1/s1. The molecule has 0 radical (unpaired) electrons. The van der Waals surface area contributed by atoms with E-state index in [-0.39, 0.29) is 11.6 Å². The van der Waals surface area contributed by atoms with Crippen LogP contribution < -0.4 is 5.69 Å². The summed E-state index contributed by atoms with van der Waals surface area (Å²) in [6, 6.07) is 6.34. The second kappa shape index (κ2) is 6.33. The smallest absolute Gasteiger partial charge is 0.326 e. The molecule has 1 aromatic carbocycles. The van der Waals surface area contributed by atoms with Gasteiger partial charge >= 0.3 is 5.69 Å². The summed E-state index contributed by atoms with van der Waals surface area (Å²) in [5.74, 6) is 0.0945. The quantitative estimate of drug-likeness (QED) is 0.927. The van der Waals surface area contributed by atoms with Crippen molar-refractivity contribution >= 4 is 16.9 Å². The van der Waals surface area contributed by atoms with Gasteiger partial charge in [-0.2, -0.15) is 0 Å². The first-order valence-corrected chi connectivity index (χ1v) is 9.34. The number of fused-ring (bicyclic) bond motifs is 1. The first-order chi connectivity index (χ1) is 12.1. The summed E-state index contributed by atoms with van der Waals surface area (Å²) in [4.78, 5) is 32.3. The molecule has 0 saturated carbocycles. The normalized spacial score (nSPS) is 24.5. The van der Waals surface area contributed by atoms with Crippen LogP contribution in [0.15, 0.2) is 23.0 Å². The van der Waals surface area contributed by atoms with E-state index in [1.54, 1.807) is 11.6 Å². The van der Waals surface area contributed by atoms with E-state index in [9.17, 15) is 9.59 Å². The molecule has 6 heteroatoms. The fourth-order valence-electron chi connectivity index (χ4n) is 4.66. The molecule has 3 heterocycles. The van der Waals surface area contributed by atoms with Gasteiger partial charge in [-0.05, 0) is 57.0 Å². The number of hydrogen-bond donors (Lipinski definition) is 1. The van der Waals surface area contributed by atoms with Crippen LogP contribution in [-0.4, -0.2) is 57.0 Å². The Kier molecular flexibility index (Phi) is 4.15. The maximum atomic E-state index is 13.2. The average molecular weight is 342 g/mol. The van der Waals surface area contributed by atoms with Crippen LogP contribution in [0.2, 0.25) is 0 Å². The van der Waals surface area contributed by atoms with Crippen molar-refractivity contribution in [3.63, 3.8) is 0 Å². The maximum absolute atomic E-state index is 13.2. The third-order valence-corrected chi connectivity index (χ3v) is 5.98. The number of nitrogens with zero attached hydrogens (tertiary/aromatic N) is 3. The number of carbonyl (C=O) groups is 1. The number of amides is 1. The van der Waals surface area contributed by atoms with Gasteiger partial charge in [-0.15, -0.1) is 0 Å². The van der Waals surface area contributed by atoms with Gasteiger partial charge in [-0.1, -0.05) is 6.92 Å². The lowest BCUT2D eigenvalue weighted by molar-refractivity contribution is 0.0650. The van der Waals surface area contributed by atoms with Crippen molar-refractivity contribution in [2.24, 2.45) is 7.05 Å². The van der Waals surface area contributed by atoms with Crippen LogP contribution in [-0.2, 0) is 7.05 Å². The highest BCUT2D eigenvalue weighted by atomic mass is 16.2. The molecular formula is C19H26N4O2. The number of imidazole rings is 1. The molecule has 1 amide bonds. The number of benzene rings is 1. The number of rotatable bonds is 3. The molecule has 0 bridgehead atoms. The van der Waals surface area contributed by atoms with Crippen LogP contribution in [0.1, 0.15) is 43.0 Å². The number of aryl methyl sites for hydroxylation is 1. The Hall–Kier alpha value is -2.08. The Morgan fingerprint density at radius 2 is 1.96 bits per heavy atom. The molecule has 25 heavy (non-hydrogen) atoms. The molecule has 2 aliphatic rings. The molecule has 4 rings (SSSR count). The van der Waals surface area contributed by atoms with Gasteiger partial charge in [0.1, 0.15) is 0 Å². The second-order valence-corrected chi connectivity index (χ2v) is 7.27. The van der Waals surface area contributed by atoms with Crippen LogP contribution in [0.5, 0.6) is 0 Å². The molecule has 2 aliphatic heterocycles. The summed E-state index contributed by atoms with van der Waals surface area (Å²) in [7, 11) is 1.73. The number of likely N-dealkylation sites (N-methyl/N-ethyl adjacent to an activating group) is 1. The fourth-order valence-corrected chi connectivity index (χ4v) is 4.66. The van der Waals surface area contributed by atoms with Gasteiger partial charge < -0.3 is 9.88 Å². The first kappa shape index (κ1) is 16.4. The van der Waals surface area contributed by atoms with Gasteiger partial charge in [0.15, 0.2) is 0 Å². The number of carbonyl (C=O) groups excluding carboxylic acids is 1. The number of H-pyrrole nitrogens is 1. The topological polar surface area (TPSA) is 61.3 Å². The summed E-state index contributed by atoms with van der Waals surface area (Å²) in [6.45, 7) is 5.25. The Balaban J connectivity index is 1.62. The minimum Gasteiger partial charge on any atom is -0.334 e. The molecule has 0 aliphatic carbocycles. The van der Waals surface area contributed by atoms with Crippen LogP contribution in [0.25, 0.3) is 11.0 Å². The summed E-state index contributed by atoms with van der Waals surface area (Å²) in [5, 5.41) is 0. The monoisotopic (exact) mass is 342 g/mol. The average Bonchev–Trinajstić information content (AvgIpc) is 3.33. The van der Waals surface area contributed by atoms with Crippen LogP contribution >= 0.6 is 0 Å². The SMILES string of the molecule is CCN1CCC[C@@H]1[C@@H]1CCCN1C(=O)c1ccc2c(c1)[nH]c(=O)n2C. The lowest BCUT2D eigenvalue weighted by Gasteiger charge is -2.34. The second-order valence-electron chi connectivity index (χ2n) is 7.27. The predicted octanol–water partition coefficient (Wildman–Crippen LogP) is 1.96. The van der Waals surface area contributed by atoms with Gasteiger partial charge in [0.25, 0.3) is 5.91 Å². The van der Waals surface area contributed by atoms with E-state index >= 15 is 0 Å². The molecule has 6 nitrogen and oxygen atoms in total. The zero-order valence-electron chi connectivity index (χ0n) is 15.0. The van der Waals surface area contributed by atoms with E-state index in [2.05, 4.69) is 21.7 Å². The number of nitrogens with one attached hydrogen (secondary N) is 1. The van der Waals surface area contributed by atoms with E-state index in [0.717, 1.165) is 43.5 Å². The Bertz CT molecular complexity index is 853. The van der Waals surface area contributed by atoms with Gasteiger partial charge in [0.2, 0.25) is 0 Å². The van der Waals surface area contributed by atoms with Crippen molar-refractivity contribution in [1.82, 2.24) is 19.4 Å². The van der Waals surface area contributed by atoms with Crippen LogP contribution in [0.3, 0.4) is 0 Å². The van der Waals surface area contributed by atoms with Crippen LogP contribution in [0.4, 0.5) is 0 Å². The number of likely N-dealkylation sites (tertiary alicyclic amines) is 2. The number of aromatic amines is 1. The lowest BCUT2D eigenvalue weighted by atomic mass is 10.0. The van der Waals surface area contributed by atoms with Crippen molar-refractivity contribution < 1.29 is 4.79 Å². The van der Waals surface area contributed by atoms with E-state index in [1.807, 2.05) is 18.2 Å². The van der Waals surface area contributed by atoms with E-state index in [1.165, 1.54) is 12.8 Å². The largest absolute Gasteiger partial charge is 0.334 e. The van der Waals surface area contributed by atoms with Crippen molar-refractivity contribution in [2.75, 3.05) is 19.6 Å². The highest BCUT2D eigenvalue weighted by molar-refractivity contribution is 5.97. The summed E-state index contributed by atoms with van der Waals surface area (Å²) < 4.78 is 1.57. The molecule has 134 valence electrons. The summed E-state index contributed by atoms with van der Waals surface area (Å²) >= 11 is 0. The Labute approximate surface area is 147 Å². The fraction of sp³-hybridized carbons (Fsp3) is 0.579. The third-order valence-electron chi connectivity index (χ3n) is 5.98. The third kappa shape index (κ3) is 2.68. The van der Waals surface area contributed by atoms with Gasteiger partial charge in [0.05, 0.1) is 11.0 Å². The van der Waals surface area contributed by atoms with Crippen molar-refractivity contribution in [3.8, 4) is 0 Å². The maximum Gasteiger partial charge on any atom is 0.326 e. The predicted molar refractivity (Wildman–Crippen MR) is 97.9 cm³/mol. The molecule has 0 spiro atoms. The highest BCUT2D eigenvalue weighted by Crippen LogP contribution is 2.31. The lowest BCUT2D eigenvalue weighted by Crippen LogP contribution is -2.48. The highest BCUT2D eigenvalue weighted by Gasteiger charge is 2.39. The molecule has 2 saturated heterocycles. The minimum atomic E-state index is -0.150. The molecule has 2 fully saturated rings. The van der Waals surface area contributed by atoms with Gasteiger partial charge in [0, 0.05) is 31.2 Å². The van der Waals surface area contributed by atoms with Gasteiger partial charge in [-0.3, -0.25) is 14.3 Å². The van der Waals surface area contributed by atoms with Crippen molar-refractivity contribution in [1.29, 1.82) is 0 Å². The van der Waals surface area contributed by atoms with Gasteiger partial charge in [-0.25, -0.2) is 4.79 Å². The molecule has 1 N–H and O–H groups in total. The van der Waals surface area contributed by atoms with E-state index in [4.69, 9.17) is 0 Å². The Morgan fingerprint density at radius 3 is 2.76 bits per heavy atom. The zero-order valence-corrected chi connectivity index (χ0v) is 15.0. The molecule has 0 unspecified atom stereocenters. The molecule has 1 aromatic heterocycles. The number of aromatic nitrogens is 2. The summed E-state index contributed by atoms with van der Waals surface area (Å²) in [5.41, 5.74) is 2.07. The van der Waals surface area contributed by atoms with E-state index in [0.29, 0.717) is 17.6 Å². The molecule has 2 atom stereocenters. The first-order valence-electron chi connectivity index (χ1n) is 9.34. The van der Waals surface area contributed by atoms with Crippen molar-refractivity contribution in [2.45, 2.75) is 44.7 Å². The van der Waals surface area contributed by atoms with Crippen molar-refractivity contribution in [3.05, 3.63) is 34.2 Å². The van der Waals surface area contributed by atoms with Crippen LogP contribution in [0, 0.1) is 0 Å². The Morgan fingerprint density at radius 1 is 1.20 bits per heavy atom. The van der Waals surface area contributed by atoms with E-state index < -0.39 is 0 Å². The molecule has 2 aromatic rings. The zero-order chi connectivity index (χ0) is 17.6.